The maximum Gasteiger partial charge on any atom is 0.159 e. The van der Waals surface area contributed by atoms with Gasteiger partial charge in [-0.15, -0.1) is 0 Å². The van der Waals surface area contributed by atoms with Crippen molar-refractivity contribution in [2.45, 2.75) is 32.7 Å². The fourth-order valence-electron chi connectivity index (χ4n) is 2.59. The standard InChI is InChI=1S/C16H21N3O/c1-3-19-8-6-15(7-9-19)18-16-10-13(12(2)20)4-5-14(16)11-17/h4-5,10,15,18H,3,6-9H2,1-2H3. The Morgan fingerprint density at radius 2 is 2.15 bits per heavy atom. The maximum absolute atomic E-state index is 11.5. The van der Waals surface area contributed by atoms with Gasteiger partial charge in [-0.1, -0.05) is 6.92 Å². The van der Waals surface area contributed by atoms with E-state index in [0.29, 0.717) is 17.2 Å². The zero-order chi connectivity index (χ0) is 14.5. The lowest BCUT2D eigenvalue weighted by Crippen LogP contribution is -2.39. The highest BCUT2D eigenvalue weighted by Crippen LogP contribution is 2.21. The summed E-state index contributed by atoms with van der Waals surface area (Å²) in [5.41, 5.74) is 2.04. The van der Waals surface area contributed by atoms with Crippen molar-refractivity contribution in [3.8, 4) is 6.07 Å². The quantitative estimate of drug-likeness (QED) is 0.855. The predicted octanol–water partition coefficient (Wildman–Crippen LogP) is 2.66. The number of carbonyl (C=O) groups is 1. The van der Waals surface area contributed by atoms with Crippen molar-refractivity contribution in [3.05, 3.63) is 29.3 Å². The number of anilines is 1. The summed E-state index contributed by atoms with van der Waals surface area (Å²) in [5, 5.41) is 12.6. The van der Waals surface area contributed by atoms with Gasteiger partial charge in [0.25, 0.3) is 0 Å². The van der Waals surface area contributed by atoms with Gasteiger partial charge >= 0.3 is 0 Å². The summed E-state index contributed by atoms with van der Waals surface area (Å²) in [5.74, 6) is 0.0262. The molecule has 1 heterocycles. The second kappa shape index (κ2) is 6.53. The Hall–Kier alpha value is -1.86. The fraction of sp³-hybridized carbons (Fsp3) is 0.500. The zero-order valence-corrected chi connectivity index (χ0v) is 12.1. The first-order chi connectivity index (χ1) is 9.63. The van der Waals surface area contributed by atoms with E-state index >= 15 is 0 Å². The number of carbonyl (C=O) groups excluding carboxylic acids is 1. The van der Waals surface area contributed by atoms with Crippen molar-refractivity contribution < 1.29 is 4.79 Å². The highest BCUT2D eigenvalue weighted by Gasteiger charge is 2.19. The lowest BCUT2D eigenvalue weighted by atomic mass is 10.0. The normalized spacial score (nSPS) is 16.6. The van der Waals surface area contributed by atoms with E-state index in [4.69, 9.17) is 0 Å². The van der Waals surface area contributed by atoms with Gasteiger partial charge in [-0.25, -0.2) is 0 Å². The lowest BCUT2D eigenvalue weighted by molar-refractivity contribution is 0.101. The van der Waals surface area contributed by atoms with Crippen molar-refractivity contribution in [1.82, 2.24) is 4.90 Å². The fourth-order valence-corrected chi connectivity index (χ4v) is 2.59. The molecule has 20 heavy (non-hydrogen) atoms. The lowest BCUT2D eigenvalue weighted by Gasteiger charge is -2.32. The van der Waals surface area contributed by atoms with Gasteiger partial charge in [0.15, 0.2) is 5.78 Å². The Kier molecular flexibility index (Phi) is 4.75. The van der Waals surface area contributed by atoms with Gasteiger partial charge in [0.05, 0.1) is 11.3 Å². The van der Waals surface area contributed by atoms with Crippen LogP contribution < -0.4 is 5.32 Å². The molecule has 4 heteroatoms. The molecule has 1 aromatic rings. The molecule has 0 aromatic heterocycles. The Bertz CT molecular complexity index is 525. The van der Waals surface area contributed by atoms with Crippen LogP contribution in [0.5, 0.6) is 0 Å². The summed E-state index contributed by atoms with van der Waals surface area (Å²) in [7, 11) is 0. The van der Waals surface area contributed by atoms with Gasteiger partial charge < -0.3 is 10.2 Å². The first kappa shape index (κ1) is 14.5. The van der Waals surface area contributed by atoms with Crippen LogP contribution in [-0.4, -0.2) is 36.4 Å². The molecule has 0 atom stereocenters. The highest BCUT2D eigenvalue weighted by molar-refractivity contribution is 5.95. The summed E-state index contributed by atoms with van der Waals surface area (Å²) in [6, 6.07) is 7.80. The van der Waals surface area contributed by atoms with E-state index in [1.54, 1.807) is 25.1 Å². The molecule has 0 spiro atoms. The number of ketones is 1. The second-order valence-electron chi connectivity index (χ2n) is 5.28. The third-order valence-electron chi connectivity index (χ3n) is 3.94. The Morgan fingerprint density at radius 1 is 1.45 bits per heavy atom. The molecule has 1 aromatic carbocycles. The first-order valence-corrected chi connectivity index (χ1v) is 7.18. The van der Waals surface area contributed by atoms with Crippen LogP contribution in [0.4, 0.5) is 5.69 Å². The van der Waals surface area contributed by atoms with E-state index < -0.39 is 0 Å². The van der Waals surface area contributed by atoms with Crippen LogP contribution in [0.1, 0.15) is 42.6 Å². The van der Waals surface area contributed by atoms with Gasteiger partial charge in [-0.05, 0) is 44.5 Å². The molecule has 1 aliphatic heterocycles. The van der Waals surface area contributed by atoms with E-state index in [-0.39, 0.29) is 5.78 Å². The van der Waals surface area contributed by atoms with Crippen LogP contribution in [0.2, 0.25) is 0 Å². The van der Waals surface area contributed by atoms with Crippen molar-refractivity contribution in [3.63, 3.8) is 0 Å². The molecule has 0 amide bonds. The van der Waals surface area contributed by atoms with E-state index in [1.165, 1.54) is 0 Å². The molecular weight excluding hydrogens is 250 g/mol. The molecule has 0 aliphatic carbocycles. The number of rotatable bonds is 4. The van der Waals surface area contributed by atoms with E-state index in [0.717, 1.165) is 38.2 Å². The Labute approximate surface area is 120 Å². The number of nitrogens with zero attached hydrogens (tertiary/aromatic N) is 2. The van der Waals surface area contributed by atoms with E-state index in [1.807, 2.05) is 0 Å². The van der Waals surface area contributed by atoms with Crippen LogP contribution in [-0.2, 0) is 0 Å². The molecule has 1 aliphatic rings. The zero-order valence-electron chi connectivity index (χ0n) is 12.1. The number of benzene rings is 1. The summed E-state index contributed by atoms with van der Waals surface area (Å²) < 4.78 is 0. The molecule has 2 rings (SSSR count). The van der Waals surface area contributed by atoms with Crippen LogP contribution >= 0.6 is 0 Å². The van der Waals surface area contributed by atoms with Gasteiger partial charge in [0.1, 0.15) is 6.07 Å². The topological polar surface area (TPSA) is 56.1 Å². The summed E-state index contributed by atoms with van der Waals surface area (Å²) >= 11 is 0. The minimum absolute atomic E-state index is 0.0262. The smallest absolute Gasteiger partial charge is 0.159 e. The molecule has 106 valence electrons. The molecule has 1 saturated heterocycles. The van der Waals surface area contributed by atoms with Crippen LogP contribution in [0, 0.1) is 11.3 Å². The maximum atomic E-state index is 11.5. The molecule has 0 radical (unpaired) electrons. The number of hydrogen-bond acceptors (Lipinski definition) is 4. The van der Waals surface area contributed by atoms with Crippen molar-refractivity contribution in [2.75, 3.05) is 25.0 Å². The van der Waals surface area contributed by atoms with Gasteiger partial charge in [0, 0.05) is 24.7 Å². The third kappa shape index (κ3) is 3.37. The minimum atomic E-state index is 0.0262. The van der Waals surface area contributed by atoms with Crippen LogP contribution in [0.15, 0.2) is 18.2 Å². The number of Topliss-reactive ketones (excluding diaryl/α,β-unsaturated/α-hetero) is 1. The summed E-state index contributed by atoms with van der Waals surface area (Å²) in [4.78, 5) is 13.9. The number of piperidine rings is 1. The van der Waals surface area contributed by atoms with Crippen LogP contribution in [0.25, 0.3) is 0 Å². The van der Waals surface area contributed by atoms with Gasteiger partial charge in [-0.2, -0.15) is 5.26 Å². The van der Waals surface area contributed by atoms with Crippen molar-refractivity contribution in [1.29, 1.82) is 5.26 Å². The SMILES string of the molecule is CCN1CCC(Nc2cc(C(C)=O)ccc2C#N)CC1. The molecule has 0 bridgehead atoms. The monoisotopic (exact) mass is 271 g/mol. The van der Waals surface area contributed by atoms with E-state index in [9.17, 15) is 10.1 Å². The number of hydrogen-bond donors (Lipinski definition) is 1. The first-order valence-electron chi connectivity index (χ1n) is 7.18. The Balaban J connectivity index is 2.10. The molecule has 1 N–H and O–H groups in total. The van der Waals surface area contributed by atoms with Crippen LogP contribution in [0.3, 0.4) is 0 Å². The number of nitrogens with one attached hydrogen (secondary N) is 1. The van der Waals surface area contributed by atoms with Crippen molar-refractivity contribution >= 4 is 11.5 Å². The highest BCUT2D eigenvalue weighted by atomic mass is 16.1. The molecule has 0 saturated carbocycles. The summed E-state index contributed by atoms with van der Waals surface area (Å²) in [6.07, 6.45) is 2.14. The molecule has 0 unspecified atom stereocenters. The van der Waals surface area contributed by atoms with Crippen molar-refractivity contribution in [2.24, 2.45) is 0 Å². The largest absolute Gasteiger partial charge is 0.381 e. The third-order valence-corrected chi connectivity index (χ3v) is 3.94. The molecule has 1 fully saturated rings. The second-order valence-corrected chi connectivity index (χ2v) is 5.28. The molecular formula is C16H21N3O. The number of likely N-dealkylation sites (tertiary alicyclic amines) is 1. The molecule has 4 nitrogen and oxygen atoms in total. The average molecular weight is 271 g/mol. The van der Waals surface area contributed by atoms with Gasteiger partial charge in [0.2, 0.25) is 0 Å². The average Bonchev–Trinajstić information content (AvgIpc) is 2.48. The van der Waals surface area contributed by atoms with Gasteiger partial charge in [-0.3, -0.25) is 4.79 Å². The number of nitriles is 1. The Morgan fingerprint density at radius 3 is 2.70 bits per heavy atom. The van der Waals surface area contributed by atoms with E-state index in [2.05, 4.69) is 23.2 Å². The summed E-state index contributed by atoms with van der Waals surface area (Å²) in [6.45, 7) is 6.99. The predicted molar refractivity (Wildman–Crippen MR) is 79.9 cm³/mol. The minimum Gasteiger partial charge on any atom is -0.381 e.